The third-order valence-electron chi connectivity index (χ3n) is 1.95. The Morgan fingerprint density at radius 2 is 1.86 bits per heavy atom. The van der Waals surface area contributed by atoms with Crippen LogP contribution >= 0.6 is 0 Å². The van der Waals surface area contributed by atoms with Gasteiger partial charge in [-0.2, -0.15) is 0 Å². The first-order valence-corrected chi connectivity index (χ1v) is 4.18. The van der Waals surface area contributed by atoms with Crippen molar-refractivity contribution in [1.82, 2.24) is 0 Å². The SMILES string of the molecule is CN(C)c1ccc(C(O)C(=O)[O-])cc1. The van der Waals surface area contributed by atoms with Gasteiger partial charge in [0.25, 0.3) is 0 Å². The van der Waals surface area contributed by atoms with Crippen LogP contribution in [0.4, 0.5) is 5.69 Å². The Morgan fingerprint density at radius 3 is 2.21 bits per heavy atom. The van der Waals surface area contributed by atoms with E-state index in [1.165, 1.54) is 0 Å². The van der Waals surface area contributed by atoms with Crippen molar-refractivity contribution >= 4 is 11.7 Å². The van der Waals surface area contributed by atoms with Crippen molar-refractivity contribution in [2.45, 2.75) is 6.10 Å². The molecular formula is C10H12NO3-. The highest BCUT2D eigenvalue weighted by atomic mass is 16.4. The lowest BCUT2D eigenvalue weighted by molar-refractivity contribution is -0.315. The molecule has 1 aromatic rings. The van der Waals surface area contributed by atoms with Crippen LogP contribution in [0.2, 0.25) is 0 Å². The highest BCUT2D eigenvalue weighted by Crippen LogP contribution is 2.17. The summed E-state index contributed by atoms with van der Waals surface area (Å²) in [6.07, 6.45) is -1.55. The third-order valence-corrected chi connectivity index (χ3v) is 1.95. The van der Waals surface area contributed by atoms with Crippen LogP contribution in [0.25, 0.3) is 0 Å². The fraction of sp³-hybridized carbons (Fsp3) is 0.300. The van der Waals surface area contributed by atoms with E-state index in [9.17, 15) is 9.90 Å². The molecule has 0 fully saturated rings. The molecule has 1 rings (SSSR count). The number of rotatable bonds is 3. The number of aliphatic hydroxyl groups excluding tert-OH is 1. The molecule has 0 aromatic heterocycles. The maximum Gasteiger partial charge on any atom is 0.118 e. The van der Waals surface area contributed by atoms with Crippen molar-refractivity contribution in [2.75, 3.05) is 19.0 Å². The summed E-state index contributed by atoms with van der Waals surface area (Å²) in [7, 11) is 3.76. The molecule has 1 aromatic carbocycles. The maximum atomic E-state index is 10.3. The predicted octanol–water partition coefficient (Wildman–Crippen LogP) is -0.464. The highest BCUT2D eigenvalue weighted by Gasteiger charge is 2.07. The average molecular weight is 194 g/mol. The van der Waals surface area contributed by atoms with Gasteiger partial charge < -0.3 is 19.9 Å². The van der Waals surface area contributed by atoms with Crippen LogP contribution in [0.5, 0.6) is 0 Å². The molecule has 0 aliphatic heterocycles. The molecular weight excluding hydrogens is 182 g/mol. The molecule has 14 heavy (non-hydrogen) atoms. The van der Waals surface area contributed by atoms with Gasteiger partial charge in [0, 0.05) is 19.8 Å². The van der Waals surface area contributed by atoms with Crippen molar-refractivity contribution in [3.8, 4) is 0 Å². The molecule has 0 aliphatic carbocycles. The normalized spacial score (nSPS) is 12.2. The summed E-state index contributed by atoms with van der Waals surface area (Å²) >= 11 is 0. The molecule has 1 N–H and O–H groups in total. The zero-order valence-corrected chi connectivity index (χ0v) is 8.10. The van der Waals surface area contributed by atoms with E-state index >= 15 is 0 Å². The largest absolute Gasteiger partial charge is 0.547 e. The molecule has 0 amide bonds. The lowest BCUT2D eigenvalue weighted by Gasteiger charge is -2.15. The smallest absolute Gasteiger partial charge is 0.118 e. The van der Waals surface area contributed by atoms with Crippen molar-refractivity contribution in [1.29, 1.82) is 0 Å². The van der Waals surface area contributed by atoms with E-state index in [0.29, 0.717) is 5.56 Å². The zero-order chi connectivity index (χ0) is 10.7. The van der Waals surface area contributed by atoms with E-state index in [1.807, 2.05) is 19.0 Å². The Morgan fingerprint density at radius 1 is 1.36 bits per heavy atom. The number of benzene rings is 1. The van der Waals surface area contributed by atoms with Gasteiger partial charge in [-0.1, -0.05) is 12.1 Å². The van der Waals surface area contributed by atoms with Crippen LogP contribution < -0.4 is 10.0 Å². The fourth-order valence-electron chi connectivity index (χ4n) is 1.09. The molecule has 76 valence electrons. The first-order valence-electron chi connectivity index (χ1n) is 4.18. The molecule has 0 bridgehead atoms. The highest BCUT2D eigenvalue weighted by molar-refractivity contribution is 5.72. The van der Waals surface area contributed by atoms with E-state index in [2.05, 4.69) is 0 Å². The van der Waals surface area contributed by atoms with Gasteiger partial charge in [0.15, 0.2) is 0 Å². The number of hydrogen-bond donors (Lipinski definition) is 1. The lowest BCUT2D eigenvalue weighted by Crippen LogP contribution is -2.29. The van der Waals surface area contributed by atoms with E-state index in [4.69, 9.17) is 5.11 Å². The summed E-state index contributed by atoms with van der Waals surface area (Å²) in [5, 5.41) is 19.5. The quantitative estimate of drug-likeness (QED) is 0.707. The van der Waals surface area contributed by atoms with Crippen molar-refractivity contribution < 1.29 is 15.0 Å². The molecule has 0 spiro atoms. The molecule has 0 aliphatic rings. The Kier molecular flexibility index (Phi) is 3.09. The van der Waals surface area contributed by atoms with Gasteiger partial charge in [-0.3, -0.25) is 0 Å². The Bertz CT molecular complexity index is 319. The molecule has 0 heterocycles. The Labute approximate surface area is 82.4 Å². The Balaban J connectivity index is 2.88. The summed E-state index contributed by atoms with van der Waals surface area (Å²) < 4.78 is 0. The van der Waals surface area contributed by atoms with Gasteiger partial charge in [0.2, 0.25) is 0 Å². The minimum absolute atomic E-state index is 0.329. The Hall–Kier alpha value is -1.55. The van der Waals surface area contributed by atoms with Crippen LogP contribution in [0.3, 0.4) is 0 Å². The number of aliphatic carboxylic acids is 1. The predicted molar refractivity (Wildman–Crippen MR) is 50.7 cm³/mol. The fourth-order valence-corrected chi connectivity index (χ4v) is 1.09. The molecule has 0 radical (unpaired) electrons. The van der Waals surface area contributed by atoms with Crippen LogP contribution in [-0.4, -0.2) is 25.2 Å². The van der Waals surface area contributed by atoms with Crippen molar-refractivity contribution in [3.05, 3.63) is 29.8 Å². The van der Waals surface area contributed by atoms with Gasteiger partial charge in [-0.05, 0) is 17.7 Å². The number of carboxylic acid groups (broad SMARTS) is 1. The topological polar surface area (TPSA) is 63.6 Å². The second kappa shape index (κ2) is 4.11. The summed E-state index contributed by atoms with van der Waals surface area (Å²) in [6, 6.07) is 6.61. The first kappa shape index (κ1) is 10.5. The van der Waals surface area contributed by atoms with Crippen LogP contribution in [0, 0.1) is 0 Å². The minimum atomic E-state index is -1.55. The van der Waals surface area contributed by atoms with Crippen molar-refractivity contribution in [3.63, 3.8) is 0 Å². The van der Waals surface area contributed by atoms with Gasteiger partial charge in [-0.25, -0.2) is 0 Å². The molecule has 0 saturated heterocycles. The van der Waals surface area contributed by atoms with E-state index < -0.39 is 12.1 Å². The van der Waals surface area contributed by atoms with Gasteiger partial charge in [0.05, 0.1) is 5.97 Å². The number of aliphatic hydroxyl groups is 1. The number of carbonyl (C=O) groups excluding carboxylic acids is 1. The van der Waals surface area contributed by atoms with Gasteiger partial charge in [0.1, 0.15) is 6.10 Å². The number of carboxylic acids is 1. The maximum absolute atomic E-state index is 10.3. The number of nitrogens with zero attached hydrogens (tertiary/aromatic N) is 1. The number of hydrogen-bond acceptors (Lipinski definition) is 4. The molecule has 4 heteroatoms. The molecule has 1 atom stereocenters. The second-order valence-electron chi connectivity index (χ2n) is 3.21. The monoisotopic (exact) mass is 194 g/mol. The number of carbonyl (C=O) groups is 1. The van der Waals surface area contributed by atoms with Crippen molar-refractivity contribution in [2.24, 2.45) is 0 Å². The minimum Gasteiger partial charge on any atom is -0.547 e. The van der Waals surface area contributed by atoms with Crippen LogP contribution in [0.15, 0.2) is 24.3 Å². The average Bonchev–Trinajstić information content (AvgIpc) is 2.16. The van der Waals surface area contributed by atoms with E-state index in [-0.39, 0.29) is 0 Å². The summed E-state index contributed by atoms with van der Waals surface area (Å²) in [5.41, 5.74) is 1.27. The molecule has 4 nitrogen and oxygen atoms in total. The molecule has 0 saturated carbocycles. The summed E-state index contributed by atoms with van der Waals surface area (Å²) in [6.45, 7) is 0. The van der Waals surface area contributed by atoms with Crippen LogP contribution in [-0.2, 0) is 4.79 Å². The van der Waals surface area contributed by atoms with Gasteiger partial charge >= 0.3 is 0 Å². The zero-order valence-electron chi connectivity index (χ0n) is 8.10. The standard InChI is InChI=1S/C10H13NO3/c1-11(2)8-5-3-7(4-6-8)9(12)10(13)14/h3-6,9,12H,1-2H3,(H,13,14)/p-1. The van der Waals surface area contributed by atoms with Gasteiger partial charge in [-0.15, -0.1) is 0 Å². The third kappa shape index (κ3) is 2.23. The lowest BCUT2D eigenvalue weighted by atomic mass is 10.1. The first-order chi connectivity index (χ1) is 6.52. The van der Waals surface area contributed by atoms with Crippen LogP contribution in [0.1, 0.15) is 11.7 Å². The van der Waals surface area contributed by atoms with E-state index in [1.54, 1.807) is 24.3 Å². The summed E-state index contributed by atoms with van der Waals surface area (Å²) in [5.74, 6) is -1.48. The summed E-state index contributed by atoms with van der Waals surface area (Å²) in [4.78, 5) is 12.2. The molecule has 1 unspecified atom stereocenters. The second-order valence-corrected chi connectivity index (χ2v) is 3.21. The van der Waals surface area contributed by atoms with E-state index in [0.717, 1.165) is 5.69 Å². The number of anilines is 1.